The van der Waals surface area contributed by atoms with Crippen LogP contribution in [0.3, 0.4) is 0 Å². The summed E-state index contributed by atoms with van der Waals surface area (Å²) in [6, 6.07) is 7.55. The number of sulfonamides is 1. The van der Waals surface area contributed by atoms with Gasteiger partial charge in [0.2, 0.25) is 15.9 Å². The minimum Gasteiger partial charge on any atom is -0.356 e. The van der Waals surface area contributed by atoms with Crippen LogP contribution >= 0.6 is 0 Å². The van der Waals surface area contributed by atoms with Crippen molar-refractivity contribution in [2.45, 2.75) is 63.3 Å². The summed E-state index contributed by atoms with van der Waals surface area (Å²) in [5.74, 6) is -0.279. The van der Waals surface area contributed by atoms with Gasteiger partial charge in [0.05, 0.1) is 10.8 Å². The summed E-state index contributed by atoms with van der Waals surface area (Å²) in [4.78, 5) is 15.4. The van der Waals surface area contributed by atoms with Crippen LogP contribution in [0.4, 0.5) is 0 Å². The summed E-state index contributed by atoms with van der Waals surface area (Å²) in [6.45, 7) is 7.79. The molecule has 0 aromatic heterocycles. The molecule has 29 heavy (non-hydrogen) atoms. The van der Waals surface area contributed by atoms with Crippen LogP contribution in [-0.2, 0) is 14.8 Å². The summed E-state index contributed by atoms with van der Waals surface area (Å²) < 4.78 is 27.3. The van der Waals surface area contributed by atoms with Gasteiger partial charge in [-0.1, -0.05) is 24.1 Å². The van der Waals surface area contributed by atoms with Crippen LogP contribution < -0.4 is 5.32 Å². The fourth-order valence-corrected chi connectivity index (χ4v) is 5.89. The molecule has 1 aromatic carbocycles. The quantitative estimate of drug-likeness (QED) is 0.688. The van der Waals surface area contributed by atoms with Gasteiger partial charge in [0.15, 0.2) is 0 Å². The lowest BCUT2D eigenvalue weighted by Gasteiger charge is -2.33. The van der Waals surface area contributed by atoms with E-state index in [0.717, 1.165) is 31.5 Å². The number of carbonyl (C=O) groups is 1. The zero-order chi connectivity index (χ0) is 20.9. The fraction of sp³-hybridized carbons (Fsp3) is 0.682. The maximum Gasteiger partial charge on any atom is 0.243 e. The van der Waals surface area contributed by atoms with E-state index in [4.69, 9.17) is 0 Å². The second-order valence-electron chi connectivity index (χ2n) is 8.54. The highest BCUT2D eigenvalue weighted by Crippen LogP contribution is 2.24. The molecule has 0 aliphatic carbocycles. The third-order valence-electron chi connectivity index (χ3n) is 6.28. The van der Waals surface area contributed by atoms with E-state index < -0.39 is 10.0 Å². The Morgan fingerprint density at radius 2 is 1.86 bits per heavy atom. The summed E-state index contributed by atoms with van der Waals surface area (Å²) in [6.07, 6.45) is 6.25. The van der Waals surface area contributed by atoms with Crippen LogP contribution in [0.25, 0.3) is 0 Å². The Balaban J connectivity index is 1.48. The van der Waals surface area contributed by atoms with Crippen molar-refractivity contribution in [2.24, 2.45) is 5.92 Å². The first-order valence-electron chi connectivity index (χ1n) is 11.0. The fourth-order valence-electron chi connectivity index (χ4n) is 4.36. The van der Waals surface area contributed by atoms with E-state index in [1.807, 2.05) is 19.1 Å². The van der Waals surface area contributed by atoms with Gasteiger partial charge in [0.1, 0.15) is 0 Å². The van der Waals surface area contributed by atoms with Crippen LogP contribution in [0.1, 0.15) is 51.0 Å². The van der Waals surface area contributed by atoms with Crippen LogP contribution in [0.5, 0.6) is 0 Å². The molecule has 2 aliphatic heterocycles. The maximum absolute atomic E-state index is 12.9. The standard InChI is InChI=1S/C22H35N3O3S/c1-18-9-11-21(12-10-18)29(27,28)25-16-5-8-20(17-25)22(26)23-13-6-15-24-14-4-3-7-19(24)2/h9-12,19-20H,3-8,13-17H2,1-2H3,(H,23,26)/t19-,20+/m1/s1. The zero-order valence-electron chi connectivity index (χ0n) is 17.8. The van der Waals surface area contributed by atoms with E-state index in [9.17, 15) is 13.2 Å². The monoisotopic (exact) mass is 421 g/mol. The first-order valence-corrected chi connectivity index (χ1v) is 12.4. The van der Waals surface area contributed by atoms with Crippen molar-refractivity contribution in [1.29, 1.82) is 0 Å². The van der Waals surface area contributed by atoms with Gasteiger partial charge >= 0.3 is 0 Å². The van der Waals surface area contributed by atoms with Crippen molar-refractivity contribution in [3.63, 3.8) is 0 Å². The van der Waals surface area contributed by atoms with Crippen LogP contribution in [0, 0.1) is 12.8 Å². The van der Waals surface area contributed by atoms with Gasteiger partial charge in [-0.2, -0.15) is 4.31 Å². The smallest absolute Gasteiger partial charge is 0.243 e. The lowest BCUT2D eigenvalue weighted by Crippen LogP contribution is -2.46. The maximum atomic E-state index is 12.9. The molecule has 2 aliphatic rings. The predicted molar refractivity (Wildman–Crippen MR) is 115 cm³/mol. The van der Waals surface area contributed by atoms with E-state index >= 15 is 0 Å². The van der Waals surface area contributed by atoms with E-state index in [0.29, 0.717) is 30.4 Å². The van der Waals surface area contributed by atoms with Gasteiger partial charge in [-0.3, -0.25) is 4.79 Å². The Bertz CT molecular complexity index is 779. The first-order chi connectivity index (χ1) is 13.9. The average Bonchev–Trinajstić information content (AvgIpc) is 2.72. The van der Waals surface area contributed by atoms with Crippen molar-refractivity contribution in [3.8, 4) is 0 Å². The number of hydrogen-bond donors (Lipinski definition) is 1. The van der Waals surface area contributed by atoms with Crippen LogP contribution in [0.15, 0.2) is 29.2 Å². The Morgan fingerprint density at radius 1 is 1.10 bits per heavy atom. The number of nitrogens with zero attached hydrogens (tertiary/aromatic N) is 2. The Labute approximate surface area is 175 Å². The molecule has 0 spiro atoms. The predicted octanol–water partition coefficient (Wildman–Crippen LogP) is 2.78. The molecular weight excluding hydrogens is 386 g/mol. The lowest BCUT2D eigenvalue weighted by molar-refractivity contribution is -0.126. The highest BCUT2D eigenvalue weighted by atomic mass is 32.2. The van der Waals surface area contributed by atoms with Gasteiger partial charge in [-0.05, 0) is 64.6 Å². The Hall–Kier alpha value is -1.44. The first kappa shape index (κ1) is 22.2. The number of hydrogen-bond acceptors (Lipinski definition) is 4. The minimum absolute atomic E-state index is 0.0134. The lowest BCUT2D eigenvalue weighted by atomic mass is 9.99. The number of nitrogens with one attached hydrogen (secondary N) is 1. The Kier molecular flexibility index (Phi) is 7.71. The minimum atomic E-state index is -3.54. The van der Waals surface area contributed by atoms with Gasteiger partial charge in [-0.15, -0.1) is 0 Å². The number of amides is 1. The number of likely N-dealkylation sites (tertiary alicyclic amines) is 1. The van der Waals surface area contributed by atoms with Crippen molar-refractivity contribution in [3.05, 3.63) is 29.8 Å². The van der Waals surface area contributed by atoms with Crippen molar-refractivity contribution in [1.82, 2.24) is 14.5 Å². The molecule has 0 radical (unpaired) electrons. The highest BCUT2D eigenvalue weighted by Gasteiger charge is 2.33. The summed E-state index contributed by atoms with van der Waals surface area (Å²) in [7, 11) is -3.54. The van der Waals surface area contributed by atoms with Gasteiger partial charge in [0, 0.05) is 32.2 Å². The largest absolute Gasteiger partial charge is 0.356 e. The molecule has 0 bridgehead atoms. The molecule has 2 saturated heterocycles. The number of benzene rings is 1. The molecule has 6 nitrogen and oxygen atoms in total. The Morgan fingerprint density at radius 3 is 2.59 bits per heavy atom. The number of aryl methyl sites for hydroxylation is 1. The molecule has 162 valence electrons. The summed E-state index contributed by atoms with van der Waals surface area (Å²) in [5, 5.41) is 3.04. The zero-order valence-corrected chi connectivity index (χ0v) is 18.6. The average molecular weight is 422 g/mol. The van der Waals surface area contributed by atoms with Gasteiger partial charge < -0.3 is 10.2 Å². The SMILES string of the molecule is Cc1ccc(S(=O)(=O)N2CCC[C@H](C(=O)NCCCN3CCCC[C@H]3C)C2)cc1. The number of piperidine rings is 2. The van der Waals surface area contributed by atoms with E-state index in [1.54, 1.807) is 12.1 Å². The van der Waals surface area contributed by atoms with Crippen molar-refractivity contribution < 1.29 is 13.2 Å². The van der Waals surface area contributed by atoms with E-state index in [-0.39, 0.29) is 18.4 Å². The molecular formula is C22H35N3O3S. The molecule has 1 aromatic rings. The molecule has 2 atom stereocenters. The normalized spacial score (nSPS) is 24.3. The topological polar surface area (TPSA) is 69.7 Å². The van der Waals surface area contributed by atoms with Crippen LogP contribution in [-0.4, -0.2) is 62.3 Å². The molecule has 1 N–H and O–H groups in total. The second kappa shape index (κ2) is 10.0. The van der Waals surface area contributed by atoms with Crippen molar-refractivity contribution in [2.75, 3.05) is 32.7 Å². The summed E-state index contributed by atoms with van der Waals surface area (Å²) >= 11 is 0. The third kappa shape index (κ3) is 5.80. The highest BCUT2D eigenvalue weighted by molar-refractivity contribution is 7.89. The molecule has 2 fully saturated rings. The molecule has 0 unspecified atom stereocenters. The number of carbonyl (C=O) groups excluding carboxylic acids is 1. The second-order valence-corrected chi connectivity index (χ2v) is 10.5. The van der Waals surface area contributed by atoms with Gasteiger partial charge in [-0.25, -0.2) is 8.42 Å². The van der Waals surface area contributed by atoms with Crippen LogP contribution in [0.2, 0.25) is 0 Å². The van der Waals surface area contributed by atoms with E-state index in [1.165, 1.54) is 23.6 Å². The molecule has 7 heteroatoms. The number of rotatable bonds is 7. The van der Waals surface area contributed by atoms with Gasteiger partial charge in [0.25, 0.3) is 0 Å². The molecule has 2 heterocycles. The molecule has 3 rings (SSSR count). The summed E-state index contributed by atoms with van der Waals surface area (Å²) in [5.41, 5.74) is 1.03. The van der Waals surface area contributed by atoms with Crippen molar-refractivity contribution >= 4 is 15.9 Å². The third-order valence-corrected chi connectivity index (χ3v) is 8.15. The molecule has 0 saturated carbocycles. The van der Waals surface area contributed by atoms with E-state index in [2.05, 4.69) is 17.1 Å². The molecule has 1 amide bonds.